The summed E-state index contributed by atoms with van der Waals surface area (Å²) < 4.78 is 1.81. The van der Waals surface area contributed by atoms with Gasteiger partial charge in [0.15, 0.2) is 0 Å². The summed E-state index contributed by atoms with van der Waals surface area (Å²) in [5.41, 5.74) is 4.52. The first-order chi connectivity index (χ1) is 11.5. The number of hydrogen-bond acceptors (Lipinski definition) is 2. The number of nitrogens with one attached hydrogen (secondary N) is 2. The SMILES string of the molecule is Cc1ccc(NC(=O)Nc2ccc(Cl)cc2)cc1-c1ccnn1C. The summed E-state index contributed by atoms with van der Waals surface area (Å²) >= 11 is 5.84. The van der Waals surface area contributed by atoms with Crippen LogP contribution in [0.25, 0.3) is 11.3 Å². The highest BCUT2D eigenvalue weighted by molar-refractivity contribution is 6.30. The Morgan fingerprint density at radius 2 is 1.71 bits per heavy atom. The van der Waals surface area contributed by atoms with Crippen LogP contribution in [0.4, 0.5) is 16.2 Å². The largest absolute Gasteiger partial charge is 0.323 e. The van der Waals surface area contributed by atoms with E-state index in [-0.39, 0.29) is 6.03 Å². The first kappa shape index (κ1) is 16.1. The van der Waals surface area contributed by atoms with Gasteiger partial charge < -0.3 is 10.6 Å². The van der Waals surface area contributed by atoms with Crippen molar-refractivity contribution in [2.75, 3.05) is 10.6 Å². The molecule has 122 valence electrons. The Kier molecular flexibility index (Phi) is 4.53. The summed E-state index contributed by atoms with van der Waals surface area (Å²) in [6.07, 6.45) is 1.75. The van der Waals surface area contributed by atoms with E-state index in [9.17, 15) is 4.79 Å². The second kappa shape index (κ2) is 6.76. The van der Waals surface area contributed by atoms with Crippen LogP contribution < -0.4 is 10.6 Å². The van der Waals surface area contributed by atoms with E-state index in [2.05, 4.69) is 15.7 Å². The zero-order valence-electron chi connectivity index (χ0n) is 13.4. The van der Waals surface area contributed by atoms with Crippen molar-refractivity contribution in [1.82, 2.24) is 9.78 Å². The molecule has 2 N–H and O–H groups in total. The van der Waals surface area contributed by atoms with Crippen LogP contribution in [-0.2, 0) is 7.05 Å². The number of anilines is 2. The standard InChI is InChI=1S/C18H17ClN4O/c1-12-3-6-15(11-16(12)17-9-10-20-23(17)2)22-18(24)21-14-7-4-13(19)5-8-14/h3-11H,1-2H3,(H2,21,22,24). The maximum atomic E-state index is 12.1. The van der Waals surface area contributed by atoms with Crippen LogP contribution >= 0.6 is 11.6 Å². The predicted octanol–water partition coefficient (Wildman–Crippen LogP) is 4.69. The molecule has 24 heavy (non-hydrogen) atoms. The summed E-state index contributed by atoms with van der Waals surface area (Å²) in [4.78, 5) is 12.1. The third kappa shape index (κ3) is 3.58. The quantitative estimate of drug-likeness (QED) is 0.726. The second-order valence-electron chi connectivity index (χ2n) is 5.46. The first-order valence-electron chi connectivity index (χ1n) is 7.45. The topological polar surface area (TPSA) is 59.0 Å². The van der Waals surface area contributed by atoms with E-state index in [1.807, 2.05) is 38.2 Å². The van der Waals surface area contributed by atoms with E-state index in [4.69, 9.17) is 11.6 Å². The molecule has 0 spiro atoms. The monoisotopic (exact) mass is 340 g/mol. The fourth-order valence-corrected chi connectivity index (χ4v) is 2.57. The van der Waals surface area contributed by atoms with Crippen molar-refractivity contribution in [2.24, 2.45) is 7.05 Å². The average molecular weight is 341 g/mol. The van der Waals surface area contributed by atoms with Crippen LogP contribution in [0.15, 0.2) is 54.7 Å². The van der Waals surface area contributed by atoms with Crippen LogP contribution in [0.1, 0.15) is 5.56 Å². The zero-order chi connectivity index (χ0) is 17.1. The number of rotatable bonds is 3. The molecule has 0 saturated carbocycles. The molecular formula is C18H17ClN4O. The number of aromatic nitrogens is 2. The van der Waals surface area contributed by atoms with E-state index in [1.54, 1.807) is 35.1 Å². The number of urea groups is 1. The fraction of sp³-hybridized carbons (Fsp3) is 0.111. The van der Waals surface area contributed by atoms with Crippen LogP contribution in [0.5, 0.6) is 0 Å². The van der Waals surface area contributed by atoms with Crippen LogP contribution in [0, 0.1) is 6.92 Å². The van der Waals surface area contributed by atoms with E-state index < -0.39 is 0 Å². The van der Waals surface area contributed by atoms with Gasteiger partial charge in [0.2, 0.25) is 0 Å². The molecule has 0 aliphatic heterocycles. The van der Waals surface area contributed by atoms with Gasteiger partial charge in [-0.1, -0.05) is 17.7 Å². The molecule has 3 aromatic rings. The molecule has 0 saturated heterocycles. The minimum absolute atomic E-state index is 0.308. The lowest BCUT2D eigenvalue weighted by Gasteiger charge is -2.11. The van der Waals surface area contributed by atoms with Gasteiger partial charge in [0.05, 0.1) is 5.69 Å². The Bertz CT molecular complexity index is 871. The van der Waals surface area contributed by atoms with Gasteiger partial charge in [-0.25, -0.2) is 4.79 Å². The third-order valence-electron chi connectivity index (χ3n) is 3.69. The van der Waals surface area contributed by atoms with Crippen LogP contribution in [0.3, 0.4) is 0 Å². The number of carbonyl (C=O) groups is 1. The summed E-state index contributed by atoms with van der Waals surface area (Å²) in [6.45, 7) is 2.03. The molecule has 1 heterocycles. The van der Waals surface area contributed by atoms with Gasteiger partial charge in [-0.05, 0) is 55.0 Å². The summed E-state index contributed by atoms with van der Waals surface area (Å²) in [7, 11) is 1.89. The highest BCUT2D eigenvalue weighted by Gasteiger charge is 2.09. The molecule has 0 bridgehead atoms. The lowest BCUT2D eigenvalue weighted by molar-refractivity contribution is 0.262. The van der Waals surface area contributed by atoms with E-state index in [1.165, 1.54) is 0 Å². The molecule has 0 fully saturated rings. The Morgan fingerprint density at radius 3 is 2.38 bits per heavy atom. The molecule has 3 rings (SSSR count). The summed E-state index contributed by atoms with van der Waals surface area (Å²) in [5.74, 6) is 0. The van der Waals surface area contributed by atoms with Gasteiger partial charge >= 0.3 is 6.03 Å². The molecule has 0 radical (unpaired) electrons. The third-order valence-corrected chi connectivity index (χ3v) is 3.95. The fourth-order valence-electron chi connectivity index (χ4n) is 2.44. The van der Waals surface area contributed by atoms with Gasteiger partial charge in [-0.15, -0.1) is 0 Å². The van der Waals surface area contributed by atoms with E-state index in [0.717, 1.165) is 16.8 Å². The molecule has 6 heteroatoms. The predicted molar refractivity (Wildman–Crippen MR) is 97.5 cm³/mol. The van der Waals surface area contributed by atoms with Gasteiger partial charge in [0, 0.05) is 35.2 Å². The maximum Gasteiger partial charge on any atom is 0.323 e. The molecule has 2 amide bonds. The molecule has 0 unspecified atom stereocenters. The summed E-state index contributed by atoms with van der Waals surface area (Å²) in [5, 5.41) is 10.4. The zero-order valence-corrected chi connectivity index (χ0v) is 14.1. The maximum absolute atomic E-state index is 12.1. The summed E-state index contributed by atoms with van der Waals surface area (Å²) in [6, 6.07) is 14.4. The minimum atomic E-state index is -0.308. The molecular weight excluding hydrogens is 324 g/mol. The highest BCUT2D eigenvalue weighted by Crippen LogP contribution is 2.26. The lowest BCUT2D eigenvalue weighted by atomic mass is 10.0. The highest BCUT2D eigenvalue weighted by atomic mass is 35.5. The van der Waals surface area contributed by atoms with Crippen molar-refractivity contribution in [3.63, 3.8) is 0 Å². The second-order valence-corrected chi connectivity index (χ2v) is 5.89. The Hall–Kier alpha value is -2.79. The van der Waals surface area contributed by atoms with Crippen molar-refractivity contribution in [3.8, 4) is 11.3 Å². The normalized spacial score (nSPS) is 10.5. The average Bonchev–Trinajstić information content (AvgIpc) is 2.97. The number of nitrogens with zero attached hydrogens (tertiary/aromatic N) is 2. The number of carbonyl (C=O) groups excluding carboxylic acids is 1. The van der Waals surface area contributed by atoms with E-state index >= 15 is 0 Å². The van der Waals surface area contributed by atoms with Gasteiger partial charge in [0.25, 0.3) is 0 Å². The number of aryl methyl sites for hydroxylation is 2. The van der Waals surface area contributed by atoms with Crippen molar-refractivity contribution in [3.05, 3.63) is 65.3 Å². The molecule has 5 nitrogen and oxygen atoms in total. The Balaban J connectivity index is 1.77. The number of halogens is 1. The number of amides is 2. The van der Waals surface area contributed by atoms with Crippen molar-refractivity contribution < 1.29 is 4.79 Å². The molecule has 0 aliphatic carbocycles. The van der Waals surface area contributed by atoms with Gasteiger partial charge in [-0.3, -0.25) is 4.68 Å². The lowest BCUT2D eigenvalue weighted by Crippen LogP contribution is -2.19. The van der Waals surface area contributed by atoms with Gasteiger partial charge in [0.1, 0.15) is 0 Å². The molecule has 0 aliphatic rings. The van der Waals surface area contributed by atoms with Crippen molar-refractivity contribution in [1.29, 1.82) is 0 Å². The molecule has 0 atom stereocenters. The van der Waals surface area contributed by atoms with Crippen LogP contribution in [-0.4, -0.2) is 15.8 Å². The first-order valence-corrected chi connectivity index (χ1v) is 7.83. The Labute approximate surface area is 145 Å². The Morgan fingerprint density at radius 1 is 1.04 bits per heavy atom. The van der Waals surface area contributed by atoms with E-state index in [0.29, 0.717) is 16.4 Å². The minimum Gasteiger partial charge on any atom is -0.308 e. The number of benzene rings is 2. The van der Waals surface area contributed by atoms with Crippen molar-refractivity contribution in [2.45, 2.75) is 6.92 Å². The number of hydrogen-bond donors (Lipinski definition) is 2. The van der Waals surface area contributed by atoms with Crippen LogP contribution in [0.2, 0.25) is 5.02 Å². The smallest absolute Gasteiger partial charge is 0.308 e. The molecule has 1 aromatic heterocycles. The molecule has 2 aromatic carbocycles. The van der Waals surface area contributed by atoms with Crippen molar-refractivity contribution >= 4 is 29.0 Å². The van der Waals surface area contributed by atoms with Gasteiger partial charge in [-0.2, -0.15) is 5.10 Å².